The van der Waals surface area contributed by atoms with Crippen molar-refractivity contribution in [3.63, 3.8) is 0 Å². The predicted octanol–water partition coefficient (Wildman–Crippen LogP) is 11.6. The van der Waals surface area contributed by atoms with Gasteiger partial charge in [0.1, 0.15) is 0 Å². The Morgan fingerprint density at radius 3 is 1.36 bits per heavy atom. The van der Waals surface area contributed by atoms with Crippen molar-refractivity contribution in [2.24, 2.45) is 5.41 Å². The Bertz CT molecular complexity index is 1800. The van der Waals surface area contributed by atoms with Gasteiger partial charge in [-0.3, -0.25) is 0 Å². The average molecular weight is 549 g/mol. The number of hydrazine groups is 1. The van der Waals surface area contributed by atoms with Crippen LogP contribution in [0.3, 0.4) is 0 Å². The third-order valence-corrected chi connectivity index (χ3v) is 8.06. The quantitative estimate of drug-likeness (QED) is 0.183. The Kier molecular flexibility index (Phi) is 7.24. The van der Waals surface area contributed by atoms with E-state index in [1.807, 2.05) is 0 Å². The van der Waals surface area contributed by atoms with Crippen molar-refractivity contribution in [3.8, 4) is 0 Å². The molecular formula is C40H40N2. The third-order valence-electron chi connectivity index (χ3n) is 8.06. The van der Waals surface area contributed by atoms with Crippen LogP contribution in [-0.2, 0) is 5.41 Å². The summed E-state index contributed by atoms with van der Waals surface area (Å²) in [6, 6.07) is 50.4. The fourth-order valence-corrected chi connectivity index (χ4v) is 6.56. The van der Waals surface area contributed by atoms with Gasteiger partial charge in [0, 0.05) is 10.8 Å². The van der Waals surface area contributed by atoms with Gasteiger partial charge in [-0.1, -0.05) is 138 Å². The lowest BCUT2D eigenvalue weighted by atomic mass is 9.72. The van der Waals surface area contributed by atoms with Crippen LogP contribution in [0, 0.1) is 5.41 Å². The molecule has 0 saturated heterocycles. The van der Waals surface area contributed by atoms with Crippen LogP contribution in [0.1, 0.15) is 46.6 Å². The molecule has 0 aromatic heterocycles. The number of hydrogen-bond donors (Lipinski definition) is 0. The van der Waals surface area contributed by atoms with E-state index in [0.717, 1.165) is 29.2 Å². The summed E-state index contributed by atoms with van der Waals surface area (Å²) in [5.41, 5.74) is 6.13. The smallest absolute Gasteiger partial charge is 0.0715 e. The minimum absolute atomic E-state index is 0.0653. The molecule has 0 aliphatic heterocycles. The highest BCUT2D eigenvalue weighted by atomic mass is 15.6. The number of anilines is 4. The molecular weight excluding hydrogens is 508 g/mol. The highest BCUT2D eigenvalue weighted by molar-refractivity contribution is 6.01. The van der Waals surface area contributed by atoms with Gasteiger partial charge in [-0.2, -0.15) is 0 Å². The fourth-order valence-electron chi connectivity index (χ4n) is 6.56. The number of nitrogens with zero attached hydrogens (tertiary/aromatic N) is 2. The highest BCUT2D eigenvalue weighted by Crippen LogP contribution is 2.43. The van der Waals surface area contributed by atoms with Gasteiger partial charge >= 0.3 is 0 Å². The first-order valence-corrected chi connectivity index (χ1v) is 14.9. The Labute approximate surface area is 250 Å². The second kappa shape index (κ2) is 11.0. The van der Waals surface area contributed by atoms with Gasteiger partial charge in [0.05, 0.1) is 22.7 Å². The van der Waals surface area contributed by atoms with E-state index < -0.39 is 0 Å². The van der Waals surface area contributed by atoms with Crippen LogP contribution in [0.5, 0.6) is 0 Å². The molecule has 6 rings (SSSR count). The molecule has 6 aromatic rings. The summed E-state index contributed by atoms with van der Waals surface area (Å²) in [5, 5.41) is 9.61. The maximum Gasteiger partial charge on any atom is 0.0715 e. The Morgan fingerprint density at radius 2 is 0.857 bits per heavy atom. The van der Waals surface area contributed by atoms with Gasteiger partial charge in [0.15, 0.2) is 0 Å². The molecule has 0 aliphatic rings. The summed E-state index contributed by atoms with van der Waals surface area (Å²) in [7, 11) is 0. The van der Waals surface area contributed by atoms with E-state index in [4.69, 9.17) is 0 Å². The molecule has 2 heteroatoms. The summed E-state index contributed by atoms with van der Waals surface area (Å²) < 4.78 is 0. The number of para-hydroxylation sites is 1. The Morgan fingerprint density at radius 1 is 0.429 bits per heavy atom. The van der Waals surface area contributed by atoms with Crippen molar-refractivity contribution >= 4 is 44.3 Å². The fraction of sp³-hybridized carbons (Fsp3) is 0.200. The maximum atomic E-state index is 2.39. The number of benzene rings is 6. The molecule has 0 amide bonds. The molecule has 0 N–H and O–H groups in total. The molecule has 0 heterocycles. The SMILES string of the molecule is CC(C)(C)CC(C)(C)c1ccc(N(c2cccc3ccccc23)N(c2ccccc2)c2cccc3ccccc23)cc1. The highest BCUT2D eigenvalue weighted by Gasteiger charge is 2.29. The van der Waals surface area contributed by atoms with E-state index in [1.54, 1.807) is 0 Å². The van der Waals surface area contributed by atoms with Crippen molar-refractivity contribution in [1.29, 1.82) is 0 Å². The van der Waals surface area contributed by atoms with Crippen molar-refractivity contribution in [1.82, 2.24) is 0 Å². The van der Waals surface area contributed by atoms with Gasteiger partial charge in [-0.25, -0.2) is 10.0 Å². The van der Waals surface area contributed by atoms with Crippen LogP contribution in [0.25, 0.3) is 21.5 Å². The zero-order valence-corrected chi connectivity index (χ0v) is 25.4. The molecule has 0 radical (unpaired) electrons. The van der Waals surface area contributed by atoms with E-state index in [2.05, 4.69) is 184 Å². The molecule has 0 aliphatic carbocycles. The molecule has 0 unspecified atom stereocenters. The van der Waals surface area contributed by atoms with Crippen LogP contribution in [0.4, 0.5) is 22.7 Å². The average Bonchev–Trinajstić information content (AvgIpc) is 2.99. The molecule has 0 bridgehead atoms. The molecule has 6 aromatic carbocycles. The molecule has 210 valence electrons. The van der Waals surface area contributed by atoms with Crippen LogP contribution in [0.2, 0.25) is 0 Å². The van der Waals surface area contributed by atoms with Crippen molar-refractivity contribution in [2.75, 3.05) is 10.0 Å². The standard InChI is InChI=1S/C40H40N2/c1-39(2,3)29-40(4,5)32-25-27-34(28-26-32)42(38-24-14-18-31-16-10-12-22-36(31)38)41(33-19-7-6-8-20-33)37-23-13-17-30-15-9-11-21-35(30)37/h6-28H,29H2,1-5H3. The van der Waals surface area contributed by atoms with Gasteiger partial charge in [-0.15, -0.1) is 0 Å². The lowest BCUT2D eigenvalue weighted by molar-refractivity contribution is 0.284. The Hall–Kier alpha value is -4.56. The van der Waals surface area contributed by atoms with Gasteiger partial charge < -0.3 is 0 Å². The largest absolute Gasteiger partial charge is 0.248 e. The Balaban J connectivity index is 1.61. The zero-order valence-electron chi connectivity index (χ0n) is 25.4. The minimum atomic E-state index is 0.0653. The van der Waals surface area contributed by atoms with Crippen molar-refractivity contribution in [2.45, 2.75) is 46.5 Å². The van der Waals surface area contributed by atoms with Gasteiger partial charge in [0.2, 0.25) is 0 Å². The first kappa shape index (κ1) is 27.6. The summed E-state index contributed by atoms with van der Waals surface area (Å²) in [4.78, 5) is 0. The molecule has 2 nitrogen and oxygen atoms in total. The maximum absolute atomic E-state index is 2.39. The first-order chi connectivity index (χ1) is 20.2. The minimum Gasteiger partial charge on any atom is -0.248 e. The van der Waals surface area contributed by atoms with Crippen LogP contribution in [-0.4, -0.2) is 0 Å². The second-order valence-corrected chi connectivity index (χ2v) is 13.1. The number of rotatable bonds is 7. The summed E-state index contributed by atoms with van der Waals surface area (Å²) in [6.07, 6.45) is 1.11. The molecule has 0 spiro atoms. The predicted molar refractivity (Wildman–Crippen MR) is 182 cm³/mol. The van der Waals surface area contributed by atoms with E-state index in [9.17, 15) is 0 Å². The van der Waals surface area contributed by atoms with E-state index in [-0.39, 0.29) is 10.8 Å². The van der Waals surface area contributed by atoms with Gasteiger partial charge in [0.25, 0.3) is 0 Å². The lowest BCUT2D eigenvalue weighted by Gasteiger charge is -2.40. The van der Waals surface area contributed by atoms with E-state index in [0.29, 0.717) is 0 Å². The third kappa shape index (κ3) is 5.50. The van der Waals surface area contributed by atoms with E-state index in [1.165, 1.54) is 27.1 Å². The molecule has 0 saturated carbocycles. The normalized spacial score (nSPS) is 12.0. The van der Waals surface area contributed by atoms with E-state index >= 15 is 0 Å². The molecule has 0 atom stereocenters. The van der Waals surface area contributed by atoms with Crippen LogP contribution >= 0.6 is 0 Å². The lowest BCUT2D eigenvalue weighted by Crippen LogP contribution is -2.36. The van der Waals surface area contributed by atoms with Crippen LogP contribution < -0.4 is 10.0 Å². The van der Waals surface area contributed by atoms with Gasteiger partial charge in [-0.05, 0) is 70.0 Å². The topological polar surface area (TPSA) is 6.48 Å². The number of hydrogen-bond acceptors (Lipinski definition) is 2. The molecule has 0 fully saturated rings. The van der Waals surface area contributed by atoms with Crippen molar-refractivity contribution < 1.29 is 0 Å². The van der Waals surface area contributed by atoms with Crippen molar-refractivity contribution in [3.05, 3.63) is 145 Å². The monoisotopic (exact) mass is 548 g/mol. The summed E-state index contributed by atoms with van der Waals surface area (Å²) in [5.74, 6) is 0. The summed E-state index contributed by atoms with van der Waals surface area (Å²) >= 11 is 0. The first-order valence-electron chi connectivity index (χ1n) is 14.9. The zero-order chi connectivity index (χ0) is 29.3. The second-order valence-electron chi connectivity index (χ2n) is 13.1. The molecule has 42 heavy (non-hydrogen) atoms. The summed E-state index contributed by atoms with van der Waals surface area (Å²) in [6.45, 7) is 11.7. The number of fused-ring (bicyclic) bond motifs is 2. The van der Waals surface area contributed by atoms with Crippen LogP contribution in [0.15, 0.2) is 140 Å².